The van der Waals surface area contributed by atoms with Crippen molar-refractivity contribution in [2.45, 2.75) is 20.3 Å². The van der Waals surface area contributed by atoms with Gasteiger partial charge in [0.25, 0.3) is 5.91 Å². The summed E-state index contributed by atoms with van der Waals surface area (Å²) in [5.41, 5.74) is 3.88. The summed E-state index contributed by atoms with van der Waals surface area (Å²) in [4.78, 5) is 12.4. The Balaban J connectivity index is 1.83. The molecule has 1 amide bonds. The van der Waals surface area contributed by atoms with Gasteiger partial charge in [-0.15, -0.1) is 5.10 Å². The molecule has 122 valence electrons. The number of halogens is 1. The maximum atomic E-state index is 12.4. The zero-order valence-electron chi connectivity index (χ0n) is 13.5. The van der Waals surface area contributed by atoms with E-state index in [2.05, 4.69) is 50.6 Å². The van der Waals surface area contributed by atoms with Crippen molar-refractivity contribution in [1.29, 1.82) is 0 Å². The molecule has 0 saturated carbocycles. The predicted octanol–water partition coefficient (Wildman–Crippen LogP) is 4.15. The van der Waals surface area contributed by atoms with Crippen molar-refractivity contribution >= 4 is 27.5 Å². The molecule has 24 heavy (non-hydrogen) atoms. The molecular weight excluding hydrogens is 368 g/mol. The van der Waals surface area contributed by atoms with E-state index in [0.717, 1.165) is 16.6 Å². The molecule has 0 radical (unpaired) electrons. The summed E-state index contributed by atoms with van der Waals surface area (Å²) in [6, 6.07) is 15.5. The summed E-state index contributed by atoms with van der Waals surface area (Å²) < 4.78 is 2.63. The number of hydrogen-bond donors (Lipinski definition) is 1. The molecule has 0 unspecified atom stereocenters. The Hall–Kier alpha value is -2.47. The maximum absolute atomic E-state index is 12.4. The molecule has 6 heteroatoms. The molecule has 1 N–H and O–H groups in total. The van der Waals surface area contributed by atoms with E-state index in [0.29, 0.717) is 17.1 Å². The van der Waals surface area contributed by atoms with Crippen LogP contribution in [-0.2, 0) is 6.42 Å². The monoisotopic (exact) mass is 384 g/mol. The molecule has 0 aliphatic heterocycles. The summed E-state index contributed by atoms with van der Waals surface area (Å²) in [7, 11) is 0. The van der Waals surface area contributed by atoms with Gasteiger partial charge in [-0.3, -0.25) is 4.79 Å². The number of nitrogens with zero attached hydrogens (tertiary/aromatic N) is 3. The average molecular weight is 385 g/mol. The molecule has 0 aliphatic carbocycles. The second kappa shape index (κ2) is 6.97. The third-order valence-electron chi connectivity index (χ3n) is 3.80. The number of nitrogens with one attached hydrogen (secondary N) is 1. The van der Waals surface area contributed by atoms with Crippen LogP contribution in [0, 0.1) is 6.92 Å². The van der Waals surface area contributed by atoms with Crippen molar-refractivity contribution in [3.05, 3.63) is 70.0 Å². The first-order valence-corrected chi connectivity index (χ1v) is 8.46. The Morgan fingerprint density at radius 2 is 1.79 bits per heavy atom. The molecule has 0 spiro atoms. The average Bonchev–Trinajstić information content (AvgIpc) is 2.98. The van der Waals surface area contributed by atoms with Gasteiger partial charge in [0.15, 0.2) is 5.69 Å². The summed E-state index contributed by atoms with van der Waals surface area (Å²) in [5.74, 6) is -0.272. The second-order valence-electron chi connectivity index (χ2n) is 5.42. The van der Waals surface area contributed by atoms with Crippen molar-refractivity contribution in [2.24, 2.45) is 0 Å². The SMILES string of the molecule is CCc1ccc(-n2nnc(C(=O)Nc3ccc(Br)cc3)c2C)cc1. The molecule has 3 rings (SSSR count). The Bertz CT molecular complexity index is 854. The first-order chi connectivity index (χ1) is 11.6. The highest BCUT2D eigenvalue weighted by molar-refractivity contribution is 9.10. The lowest BCUT2D eigenvalue weighted by Crippen LogP contribution is -2.14. The molecular formula is C18H17BrN4O. The van der Waals surface area contributed by atoms with E-state index in [4.69, 9.17) is 0 Å². The lowest BCUT2D eigenvalue weighted by Gasteiger charge is -2.06. The third-order valence-corrected chi connectivity index (χ3v) is 4.33. The van der Waals surface area contributed by atoms with Crippen LogP contribution in [0.4, 0.5) is 5.69 Å². The minimum absolute atomic E-state index is 0.272. The molecule has 1 heterocycles. The number of carbonyl (C=O) groups is 1. The zero-order valence-corrected chi connectivity index (χ0v) is 15.0. The van der Waals surface area contributed by atoms with Crippen LogP contribution >= 0.6 is 15.9 Å². The number of rotatable bonds is 4. The van der Waals surface area contributed by atoms with E-state index >= 15 is 0 Å². The topological polar surface area (TPSA) is 59.8 Å². The van der Waals surface area contributed by atoms with Gasteiger partial charge >= 0.3 is 0 Å². The zero-order chi connectivity index (χ0) is 17.1. The van der Waals surface area contributed by atoms with Gasteiger partial charge in [-0.1, -0.05) is 40.2 Å². The third kappa shape index (κ3) is 3.38. The van der Waals surface area contributed by atoms with Crippen LogP contribution in [0.2, 0.25) is 0 Å². The first kappa shape index (κ1) is 16.4. The lowest BCUT2D eigenvalue weighted by atomic mass is 10.1. The minimum atomic E-state index is -0.272. The van der Waals surface area contributed by atoms with Crippen molar-refractivity contribution in [2.75, 3.05) is 5.32 Å². The van der Waals surface area contributed by atoms with E-state index in [-0.39, 0.29) is 5.91 Å². The molecule has 0 aliphatic rings. The van der Waals surface area contributed by atoms with Crippen LogP contribution in [0.3, 0.4) is 0 Å². The highest BCUT2D eigenvalue weighted by atomic mass is 79.9. The van der Waals surface area contributed by atoms with Crippen LogP contribution in [0.15, 0.2) is 53.0 Å². The number of aromatic nitrogens is 3. The molecule has 0 fully saturated rings. The summed E-state index contributed by atoms with van der Waals surface area (Å²) in [6.45, 7) is 3.95. The molecule has 3 aromatic rings. The van der Waals surface area contributed by atoms with Gasteiger partial charge in [-0.2, -0.15) is 0 Å². The highest BCUT2D eigenvalue weighted by Crippen LogP contribution is 2.17. The van der Waals surface area contributed by atoms with Crippen molar-refractivity contribution in [1.82, 2.24) is 15.0 Å². The number of hydrogen-bond acceptors (Lipinski definition) is 3. The van der Waals surface area contributed by atoms with Gasteiger partial charge < -0.3 is 5.32 Å². The Labute approximate surface area is 148 Å². The van der Waals surface area contributed by atoms with E-state index in [1.165, 1.54) is 5.56 Å². The fourth-order valence-electron chi connectivity index (χ4n) is 2.38. The highest BCUT2D eigenvalue weighted by Gasteiger charge is 2.17. The van der Waals surface area contributed by atoms with Gasteiger partial charge in [0.05, 0.1) is 11.4 Å². The summed E-state index contributed by atoms with van der Waals surface area (Å²) in [6.07, 6.45) is 0.984. The van der Waals surface area contributed by atoms with Crippen LogP contribution in [0.25, 0.3) is 5.69 Å². The lowest BCUT2D eigenvalue weighted by molar-refractivity contribution is 0.102. The predicted molar refractivity (Wildman–Crippen MR) is 97.6 cm³/mol. The van der Waals surface area contributed by atoms with Crippen LogP contribution in [0.1, 0.15) is 28.7 Å². The van der Waals surface area contributed by atoms with Gasteiger partial charge in [-0.05, 0) is 55.3 Å². The van der Waals surface area contributed by atoms with E-state index in [1.54, 1.807) is 4.68 Å². The van der Waals surface area contributed by atoms with E-state index < -0.39 is 0 Å². The molecule has 0 bridgehead atoms. The first-order valence-electron chi connectivity index (χ1n) is 7.67. The number of anilines is 1. The molecule has 0 saturated heterocycles. The maximum Gasteiger partial charge on any atom is 0.278 e. The standard InChI is InChI=1S/C18H17BrN4O/c1-3-13-4-10-16(11-5-13)23-12(2)17(21-22-23)18(24)20-15-8-6-14(19)7-9-15/h4-11H,3H2,1-2H3,(H,20,24). The number of amides is 1. The van der Waals surface area contributed by atoms with Crippen LogP contribution in [-0.4, -0.2) is 20.9 Å². The molecule has 2 aromatic carbocycles. The summed E-state index contributed by atoms with van der Waals surface area (Å²) in [5, 5.41) is 11.0. The summed E-state index contributed by atoms with van der Waals surface area (Å²) >= 11 is 3.37. The number of carbonyl (C=O) groups excluding carboxylic acids is 1. The normalized spacial score (nSPS) is 10.6. The Morgan fingerprint density at radius 1 is 1.12 bits per heavy atom. The smallest absolute Gasteiger partial charge is 0.278 e. The second-order valence-corrected chi connectivity index (χ2v) is 6.33. The molecule has 0 atom stereocenters. The van der Waals surface area contributed by atoms with E-state index in [9.17, 15) is 4.79 Å². The van der Waals surface area contributed by atoms with Crippen molar-refractivity contribution < 1.29 is 4.79 Å². The quantitative estimate of drug-likeness (QED) is 0.734. The van der Waals surface area contributed by atoms with Crippen molar-refractivity contribution in [3.63, 3.8) is 0 Å². The fourth-order valence-corrected chi connectivity index (χ4v) is 2.64. The molecule has 1 aromatic heterocycles. The molecule has 5 nitrogen and oxygen atoms in total. The fraction of sp³-hybridized carbons (Fsp3) is 0.167. The van der Waals surface area contributed by atoms with Gasteiger partial charge in [0, 0.05) is 10.2 Å². The number of aryl methyl sites for hydroxylation is 1. The van der Waals surface area contributed by atoms with Crippen LogP contribution < -0.4 is 5.32 Å². The van der Waals surface area contributed by atoms with Crippen LogP contribution in [0.5, 0.6) is 0 Å². The Morgan fingerprint density at radius 3 is 2.42 bits per heavy atom. The largest absolute Gasteiger partial charge is 0.321 e. The Kier molecular flexibility index (Phi) is 4.76. The number of benzene rings is 2. The van der Waals surface area contributed by atoms with Gasteiger partial charge in [0.2, 0.25) is 0 Å². The minimum Gasteiger partial charge on any atom is -0.321 e. The van der Waals surface area contributed by atoms with Gasteiger partial charge in [0.1, 0.15) is 0 Å². The van der Waals surface area contributed by atoms with Crippen molar-refractivity contribution in [3.8, 4) is 5.69 Å². The van der Waals surface area contributed by atoms with Gasteiger partial charge in [-0.25, -0.2) is 4.68 Å². The van der Waals surface area contributed by atoms with E-state index in [1.807, 2.05) is 43.3 Å².